The van der Waals surface area contributed by atoms with Crippen molar-refractivity contribution in [3.63, 3.8) is 0 Å². The fourth-order valence-corrected chi connectivity index (χ4v) is 2.33. The summed E-state index contributed by atoms with van der Waals surface area (Å²) in [6.45, 7) is 1.16. The molecule has 20 heavy (non-hydrogen) atoms. The third-order valence-electron chi connectivity index (χ3n) is 3.77. The van der Waals surface area contributed by atoms with E-state index in [9.17, 15) is 9.50 Å². The van der Waals surface area contributed by atoms with Crippen LogP contribution in [0, 0.1) is 5.82 Å². The van der Waals surface area contributed by atoms with Gasteiger partial charge in [0.05, 0.1) is 5.60 Å². The maximum Gasteiger partial charge on any atom is 0.193 e. The van der Waals surface area contributed by atoms with Crippen molar-refractivity contribution in [1.82, 2.24) is 10.2 Å². The number of halogens is 1. The highest BCUT2D eigenvalue weighted by Gasteiger charge is 2.34. The Kier molecular flexibility index (Phi) is 4.60. The average molecular weight is 279 g/mol. The molecule has 0 spiro atoms. The standard InChI is InChI=1S/C15H22FN3O/c1-17-14(18-11-15(20)8-3-9-15)19(2)10-12-4-6-13(16)7-5-12/h4-7,20H,3,8-11H2,1-2H3,(H,17,18). The average Bonchev–Trinajstić information content (AvgIpc) is 2.40. The molecule has 0 heterocycles. The van der Waals surface area contributed by atoms with Crippen molar-refractivity contribution in [3.05, 3.63) is 35.6 Å². The van der Waals surface area contributed by atoms with Crippen molar-refractivity contribution < 1.29 is 9.50 Å². The van der Waals surface area contributed by atoms with Crippen LogP contribution in [-0.4, -0.2) is 42.2 Å². The maximum atomic E-state index is 12.9. The van der Waals surface area contributed by atoms with E-state index in [1.807, 2.05) is 11.9 Å². The molecular weight excluding hydrogens is 257 g/mol. The fourth-order valence-electron chi connectivity index (χ4n) is 2.33. The third kappa shape index (κ3) is 3.70. The minimum Gasteiger partial charge on any atom is -0.388 e. The van der Waals surface area contributed by atoms with E-state index < -0.39 is 5.60 Å². The molecule has 1 aliphatic carbocycles. The molecule has 1 saturated carbocycles. The van der Waals surface area contributed by atoms with E-state index in [4.69, 9.17) is 0 Å². The highest BCUT2D eigenvalue weighted by molar-refractivity contribution is 5.79. The SMILES string of the molecule is CN=C(NCC1(O)CCC1)N(C)Cc1ccc(F)cc1. The van der Waals surface area contributed by atoms with Crippen molar-refractivity contribution in [1.29, 1.82) is 0 Å². The van der Waals surface area contributed by atoms with Crippen molar-refractivity contribution >= 4 is 5.96 Å². The first-order valence-electron chi connectivity index (χ1n) is 6.91. The van der Waals surface area contributed by atoms with Crippen LogP contribution in [0.5, 0.6) is 0 Å². The first-order chi connectivity index (χ1) is 9.52. The molecule has 1 aromatic rings. The number of aliphatic hydroxyl groups is 1. The van der Waals surface area contributed by atoms with Gasteiger partial charge in [0, 0.05) is 27.2 Å². The van der Waals surface area contributed by atoms with Crippen LogP contribution in [-0.2, 0) is 6.54 Å². The topological polar surface area (TPSA) is 47.9 Å². The summed E-state index contributed by atoms with van der Waals surface area (Å²) in [5.74, 6) is 0.501. The quantitative estimate of drug-likeness (QED) is 0.652. The second-order valence-corrected chi connectivity index (χ2v) is 5.46. The van der Waals surface area contributed by atoms with E-state index in [-0.39, 0.29) is 5.82 Å². The molecule has 5 heteroatoms. The number of rotatable bonds is 4. The Morgan fingerprint density at radius 2 is 2.05 bits per heavy atom. The Morgan fingerprint density at radius 1 is 1.40 bits per heavy atom. The second kappa shape index (κ2) is 6.22. The molecule has 2 rings (SSSR count). The maximum absolute atomic E-state index is 12.9. The van der Waals surface area contributed by atoms with E-state index in [1.165, 1.54) is 12.1 Å². The van der Waals surface area contributed by atoms with Gasteiger partial charge < -0.3 is 15.3 Å². The van der Waals surface area contributed by atoms with Crippen LogP contribution in [0.15, 0.2) is 29.3 Å². The van der Waals surface area contributed by atoms with Gasteiger partial charge in [-0.3, -0.25) is 4.99 Å². The normalized spacial score (nSPS) is 17.5. The van der Waals surface area contributed by atoms with E-state index >= 15 is 0 Å². The molecule has 0 aromatic heterocycles. The van der Waals surface area contributed by atoms with Crippen LogP contribution in [0.1, 0.15) is 24.8 Å². The number of hydrogen-bond donors (Lipinski definition) is 2. The summed E-state index contributed by atoms with van der Waals surface area (Å²) in [4.78, 5) is 6.16. The van der Waals surface area contributed by atoms with Gasteiger partial charge in [-0.2, -0.15) is 0 Å². The van der Waals surface area contributed by atoms with Crippen LogP contribution < -0.4 is 5.32 Å². The Labute approximate surface area is 119 Å². The number of hydrogen-bond acceptors (Lipinski definition) is 2. The second-order valence-electron chi connectivity index (χ2n) is 5.46. The predicted molar refractivity (Wildman–Crippen MR) is 78.0 cm³/mol. The molecule has 0 unspecified atom stereocenters. The lowest BCUT2D eigenvalue weighted by Crippen LogP contribution is -2.50. The van der Waals surface area contributed by atoms with Crippen LogP contribution in [0.3, 0.4) is 0 Å². The number of benzene rings is 1. The highest BCUT2D eigenvalue weighted by Crippen LogP contribution is 2.30. The van der Waals surface area contributed by atoms with E-state index in [1.54, 1.807) is 19.2 Å². The van der Waals surface area contributed by atoms with Gasteiger partial charge in [0.25, 0.3) is 0 Å². The van der Waals surface area contributed by atoms with E-state index in [2.05, 4.69) is 10.3 Å². The lowest BCUT2D eigenvalue weighted by atomic mass is 9.80. The molecular formula is C15H22FN3O. The summed E-state index contributed by atoms with van der Waals surface area (Å²) in [6, 6.07) is 6.43. The molecule has 1 fully saturated rings. The summed E-state index contributed by atoms with van der Waals surface area (Å²) >= 11 is 0. The minimum absolute atomic E-state index is 0.230. The first-order valence-corrected chi connectivity index (χ1v) is 6.91. The van der Waals surface area contributed by atoms with Gasteiger partial charge in [-0.15, -0.1) is 0 Å². The molecule has 1 aromatic carbocycles. The van der Waals surface area contributed by atoms with Gasteiger partial charge in [0.15, 0.2) is 5.96 Å². The monoisotopic (exact) mass is 279 g/mol. The predicted octanol–water partition coefficient (Wildman–Crippen LogP) is 1.75. The molecule has 0 aliphatic heterocycles. The summed E-state index contributed by atoms with van der Waals surface area (Å²) in [6.07, 6.45) is 2.78. The Balaban J connectivity index is 1.88. The number of nitrogens with one attached hydrogen (secondary N) is 1. The zero-order valence-corrected chi connectivity index (χ0v) is 12.1. The fraction of sp³-hybridized carbons (Fsp3) is 0.533. The molecule has 0 radical (unpaired) electrons. The van der Waals surface area contributed by atoms with Crippen molar-refractivity contribution in [2.75, 3.05) is 20.6 Å². The van der Waals surface area contributed by atoms with Gasteiger partial charge in [-0.05, 0) is 37.0 Å². The molecule has 0 saturated heterocycles. The van der Waals surface area contributed by atoms with Gasteiger partial charge >= 0.3 is 0 Å². The lowest BCUT2D eigenvalue weighted by molar-refractivity contribution is -0.0282. The zero-order valence-electron chi connectivity index (χ0n) is 12.1. The van der Waals surface area contributed by atoms with Crippen molar-refractivity contribution in [2.45, 2.75) is 31.4 Å². The van der Waals surface area contributed by atoms with Crippen molar-refractivity contribution in [3.8, 4) is 0 Å². The molecule has 1 aliphatic rings. The summed E-state index contributed by atoms with van der Waals surface area (Å²) in [5, 5.41) is 13.3. The van der Waals surface area contributed by atoms with Gasteiger partial charge in [0.1, 0.15) is 5.82 Å². The minimum atomic E-state index is -0.577. The summed E-state index contributed by atoms with van der Waals surface area (Å²) in [5.41, 5.74) is 0.436. The van der Waals surface area contributed by atoms with Crippen LogP contribution in [0.4, 0.5) is 4.39 Å². The van der Waals surface area contributed by atoms with Crippen molar-refractivity contribution in [2.24, 2.45) is 4.99 Å². The van der Waals surface area contributed by atoms with Gasteiger partial charge in [-0.1, -0.05) is 12.1 Å². The zero-order chi connectivity index (χ0) is 14.6. The van der Waals surface area contributed by atoms with E-state index in [0.29, 0.717) is 13.1 Å². The number of aliphatic imine (C=N–C) groups is 1. The number of nitrogens with zero attached hydrogens (tertiary/aromatic N) is 2. The smallest absolute Gasteiger partial charge is 0.193 e. The molecule has 2 N–H and O–H groups in total. The van der Waals surface area contributed by atoms with Crippen LogP contribution in [0.25, 0.3) is 0 Å². The Hall–Kier alpha value is -1.62. The molecule has 110 valence electrons. The largest absolute Gasteiger partial charge is 0.388 e. The van der Waals surface area contributed by atoms with E-state index in [0.717, 1.165) is 30.8 Å². The molecule has 0 atom stereocenters. The highest BCUT2D eigenvalue weighted by atomic mass is 19.1. The Bertz CT molecular complexity index is 469. The number of guanidine groups is 1. The molecule has 4 nitrogen and oxygen atoms in total. The van der Waals surface area contributed by atoms with Crippen LogP contribution >= 0.6 is 0 Å². The third-order valence-corrected chi connectivity index (χ3v) is 3.77. The molecule has 0 bridgehead atoms. The first kappa shape index (κ1) is 14.8. The van der Waals surface area contributed by atoms with Gasteiger partial charge in [-0.25, -0.2) is 4.39 Å². The summed E-state index contributed by atoms with van der Waals surface area (Å²) < 4.78 is 12.9. The lowest BCUT2D eigenvalue weighted by Gasteiger charge is -2.37. The Morgan fingerprint density at radius 3 is 2.55 bits per heavy atom. The van der Waals surface area contributed by atoms with Crippen LogP contribution in [0.2, 0.25) is 0 Å². The summed E-state index contributed by atoms with van der Waals surface area (Å²) in [7, 11) is 3.64. The molecule has 0 amide bonds. The van der Waals surface area contributed by atoms with Gasteiger partial charge in [0.2, 0.25) is 0 Å².